The molecular weight excluding hydrogens is 301 g/mol. The quantitative estimate of drug-likeness (QED) is 0.874. The lowest BCUT2D eigenvalue weighted by atomic mass is 10.1. The van der Waals surface area contributed by atoms with Crippen LogP contribution in [-0.4, -0.2) is 21.9 Å². The predicted octanol–water partition coefficient (Wildman–Crippen LogP) is 2.62. The van der Waals surface area contributed by atoms with Crippen LogP contribution in [0.5, 0.6) is 5.75 Å². The van der Waals surface area contributed by atoms with Crippen LogP contribution in [-0.2, 0) is 6.54 Å². The second kappa shape index (κ2) is 5.81. The van der Waals surface area contributed by atoms with Crippen molar-refractivity contribution in [1.82, 2.24) is 14.8 Å². The molecule has 106 valence electrons. The van der Waals surface area contributed by atoms with Crippen molar-refractivity contribution >= 4 is 23.2 Å². The fourth-order valence-electron chi connectivity index (χ4n) is 1.93. The van der Waals surface area contributed by atoms with Crippen LogP contribution in [0.1, 0.15) is 16.8 Å². The van der Waals surface area contributed by atoms with E-state index in [2.05, 4.69) is 10.1 Å². The van der Waals surface area contributed by atoms with Gasteiger partial charge in [-0.15, -0.1) is 0 Å². The molecular formula is C13H13Cl2N3O2. The van der Waals surface area contributed by atoms with Crippen LogP contribution in [0.2, 0.25) is 10.0 Å². The summed E-state index contributed by atoms with van der Waals surface area (Å²) >= 11 is 11.6. The van der Waals surface area contributed by atoms with Crippen LogP contribution >= 0.6 is 23.2 Å². The first-order valence-corrected chi connectivity index (χ1v) is 6.61. The van der Waals surface area contributed by atoms with Gasteiger partial charge < -0.3 is 4.74 Å². The van der Waals surface area contributed by atoms with Crippen molar-refractivity contribution in [3.05, 3.63) is 49.6 Å². The Labute approximate surface area is 126 Å². The van der Waals surface area contributed by atoms with Gasteiger partial charge >= 0.3 is 0 Å². The van der Waals surface area contributed by atoms with E-state index in [9.17, 15) is 4.79 Å². The summed E-state index contributed by atoms with van der Waals surface area (Å²) in [4.78, 5) is 16.3. The maximum absolute atomic E-state index is 12.0. The number of hydrogen-bond acceptors (Lipinski definition) is 4. The molecule has 0 N–H and O–H groups in total. The molecule has 0 fully saturated rings. The van der Waals surface area contributed by atoms with Crippen LogP contribution in [0.4, 0.5) is 0 Å². The van der Waals surface area contributed by atoms with Crippen molar-refractivity contribution in [3.8, 4) is 5.75 Å². The van der Waals surface area contributed by atoms with Gasteiger partial charge in [-0.3, -0.25) is 9.78 Å². The summed E-state index contributed by atoms with van der Waals surface area (Å²) < 4.78 is 6.55. The van der Waals surface area contributed by atoms with E-state index < -0.39 is 5.56 Å². The molecule has 7 heteroatoms. The third kappa shape index (κ3) is 2.64. The van der Waals surface area contributed by atoms with Crippen LogP contribution in [0.25, 0.3) is 0 Å². The standard InChI is InChI=1S/C13H13Cl2N3O2/c1-7-4-16-10(8(2)12(7)20-3)6-18-13(19)11(15)9(14)5-17-18/h4-5H,6H2,1-3H3. The summed E-state index contributed by atoms with van der Waals surface area (Å²) in [7, 11) is 1.60. The van der Waals surface area contributed by atoms with E-state index in [1.807, 2.05) is 13.8 Å². The van der Waals surface area contributed by atoms with Crippen LogP contribution < -0.4 is 10.3 Å². The Kier molecular flexibility index (Phi) is 4.30. The van der Waals surface area contributed by atoms with Gasteiger partial charge in [0.1, 0.15) is 10.8 Å². The number of pyridine rings is 1. The van der Waals surface area contributed by atoms with Gasteiger partial charge in [-0.1, -0.05) is 23.2 Å². The molecule has 2 rings (SSSR count). The fraction of sp³-hybridized carbons (Fsp3) is 0.308. The van der Waals surface area contributed by atoms with E-state index in [4.69, 9.17) is 27.9 Å². The normalized spacial score (nSPS) is 10.7. The zero-order chi connectivity index (χ0) is 14.9. The Morgan fingerprint density at radius 1 is 1.30 bits per heavy atom. The van der Waals surface area contributed by atoms with Crippen molar-refractivity contribution in [1.29, 1.82) is 0 Å². The molecule has 0 aliphatic heterocycles. The maximum atomic E-state index is 12.0. The average Bonchev–Trinajstić information content (AvgIpc) is 2.43. The van der Waals surface area contributed by atoms with Crippen LogP contribution in [0, 0.1) is 13.8 Å². The first-order valence-electron chi connectivity index (χ1n) is 5.86. The highest BCUT2D eigenvalue weighted by atomic mass is 35.5. The van der Waals surface area contributed by atoms with Gasteiger partial charge in [0, 0.05) is 17.3 Å². The fourth-order valence-corrected chi connectivity index (χ4v) is 2.20. The lowest BCUT2D eigenvalue weighted by Crippen LogP contribution is -2.24. The molecule has 0 atom stereocenters. The first kappa shape index (κ1) is 14.8. The molecule has 20 heavy (non-hydrogen) atoms. The van der Waals surface area contributed by atoms with Crippen LogP contribution in [0.3, 0.4) is 0 Å². The van der Waals surface area contributed by atoms with Crippen molar-refractivity contribution in [2.75, 3.05) is 7.11 Å². The summed E-state index contributed by atoms with van der Waals surface area (Å²) in [5.41, 5.74) is 2.05. The molecule has 0 radical (unpaired) electrons. The topological polar surface area (TPSA) is 57.0 Å². The first-order chi connectivity index (χ1) is 9.45. The Bertz CT molecular complexity index is 713. The number of rotatable bonds is 3. The molecule has 0 bridgehead atoms. The molecule has 0 saturated carbocycles. The molecule has 0 aromatic carbocycles. The largest absolute Gasteiger partial charge is 0.496 e. The van der Waals surface area contributed by atoms with Gasteiger partial charge in [0.05, 0.1) is 30.6 Å². The number of hydrogen-bond donors (Lipinski definition) is 0. The minimum absolute atomic E-state index is 0.0432. The Hall–Kier alpha value is -1.59. The van der Waals surface area contributed by atoms with Gasteiger partial charge in [-0.2, -0.15) is 5.10 Å². The summed E-state index contributed by atoms with van der Waals surface area (Å²) in [5.74, 6) is 0.753. The molecule has 5 nitrogen and oxygen atoms in total. The van der Waals surface area contributed by atoms with E-state index in [0.29, 0.717) is 5.69 Å². The van der Waals surface area contributed by atoms with Gasteiger partial charge in [-0.25, -0.2) is 4.68 Å². The predicted molar refractivity (Wildman–Crippen MR) is 77.9 cm³/mol. The summed E-state index contributed by atoms with van der Waals surface area (Å²) in [6.45, 7) is 4.00. The third-order valence-corrected chi connectivity index (χ3v) is 3.74. The van der Waals surface area contributed by atoms with Crippen molar-refractivity contribution < 1.29 is 4.74 Å². The van der Waals surface area contributed by atoms with Gasteiger partial charge in [0.2, 0.25) is 0 Å². The minimum atomic E-state index is -0.445. The Morgan fingerprint density at radius 3 is 2.65 bits per heavy atom. The smallest absolute Gasteiger partial charge is 0.287 e. The van der Waals surface area contributed by atoms with E-state index in [0.717, 1.165) is 16.9 Å². The molecule has 0 aliphatic rings. The summed E-state index contributed by atoms with van der Waals surface area (Å²) in [6.07, 6.45) is 3.04. The molecule has 0 saturated heterocycles. The van der Waals surface area contributed by atoms with Crippen molar-refractivity contribution in [3.63, 3.8) is 0 Å². The second-order valence-corrected chi connectivity index (χ2v) is 5.10. The van der Waals surface area contributed by atoms with Gasteiger partial charge in [-0.05, 0) is 13.8 Å². The molecule has 0 spiro atoms. The highest BCUT2D eigenvalue weighted by Gasteiger charge is 2.13. The van der Waals surface area contributed by atoms with E-state index in [1.165, 1.54) is 10.9 Å². The molecule has 2 heterocycles. The van der Waals surface area contributed by atoms with E-state index >= 15 is 0 Å². The number of methoxy groups -OCH3 is 1. The maximum Gasteiger partial charge on any atom is 0.287 e. The average molecular weight is 314 g/mol. The molecule has 2 aromatic heterocycles. The third-order valence-electron chi connectivity index (χ3n) is 2.99. The lowest BCUT2D eigenvalue weighted by molar-refractivity contribution is 0.406. The number of aromatic nitrogens is 3. The van der Waals surface area contributed by atoms with Gasteiger partial charge in [0.25, 0.3) is 5.56 Å². The highest BCUT2D eigenvalue weighted by Crippen LogP contribution is 2.24. The lowest BCUT2D eigenvalue weighted by Gasteiger charge is -2.12. The number of ether oxygens (including phenoxy) is 1. The Balaban J connectivity index is 2.46. The SMILES string of the molecule is COc1c(C)cnc(Cn2ncc(Cl)c(Cl)c2=O)c1C. The van der Waals surface area contributed by atoms with Crippen molar-refractivity contribution in [2.24, 2.45) is 0 Å². The van der Waals surface area contributed by atoms with Gasteiger partial charge in [0.15, 0.2) is 0 Å². The molecule has 2 aromatic rings. The number of nitrogens with zero attached hydrogens (tertiary/aromatic N) is 3. The second-order valence-electron chi connectivity index (χ2n) is 4.32. The van der Waals surface area contributed by atoms with Crippen molar-refractivity contribution in [2.45, 2.75) is 20.4 Å². The van der Waals surface area contributed by atoms with Crippen LogP contribution in [0.15, 0.2) is 17.2 Å². The van der Waals surface area contributed by atoms with E-state index in [1.54, 1.807) is 13.3 Å². The monoisotopic (exact) mass is 313 g/mol. The minimum Gasteiger partial charge on any atom is -0.496 e. The number of halogens is 2. The molecule has 0 aliphatic carbocycles. The molecule has 0 unspecified atom stereocenters. The zero-order valence-electron chi connectivity index (χ0n) is 11.3. The van der Waals surface area contributed by atoms with E-state index in [-0.39, 0.29) is 16.6 Å². The highest BCUT2D eigenvalue weighted by molar-refractivity contribution is 6.41. The zero-order valence-corrected chi connectivity index (χ0v) is 12.8. The molecule has 0 amide bonds. The Morgan fingerprint density at radius 2 is 2.00 bits per heavy atom. The number of aryl methyl sites for hydroxylation is 1. The summed E-state index contributed by atoms with van der Waals surface area (Å²) in [6, 6.07) is 0. The summed E-state index contributed by atoms with van der Waals surface area (Å²) in [5, 5.41) is 4.05.